The number of nitrogens with zero attached hydrogens (tertiary/aromatic N) is 1. The third-order valence-electron chi connectivity index (χ3n) is 8.43. The van der Waals surface area contributed by atoms with Gasteiger partial charge < -0.3 is 79.5 Å². The third-order valence-corrected chi connectivity index (χ3v) is 8.43. The predicted octanol–water partition coefficient (Wildman–Crippen LogP) is -4.04. The molecule has 1 aliphatic heterocycles. The van der Waals surface area contributed by atoms with Gasteiger partial charge >= 0.3 is 91.9 Å². The molecular weight excluding hydrogens is 1040 g/mol. The minimum Gasteiger partial charge on any atom is -0.548 e. The zero-order chi connectivity index (χ0) is 57.4. The number of alkyl carbamates (subject to hydrolysis) is 3. The number of carboxylic acids is 5. The number of carbonyl (C=O) groups excluding carboxylic acids is 9. The van der Waals surface area contributed by atoms with Crippen LogP contribution in [0, 0.1) is 17.8 Å². The van der Waals surface area contributed by atoms with E-state index in [1.807, 2.05) is 0 Å². The number of carboxylic acid groups (broad SMARTS) is 5. The molecule has 1 rings (SSSR count). The van der Waals surface area contributed by atoms with Gasteiger partial charge in [-0.15, -0.1) is 0 Å². The van der Waals surface area contributed by atoms with Gasteiger partial charge in [0.1, 0.15) is 34.5 Å². The summed E-state index contributed by atoms with van der Waals surface area (Å²) in [4.78, 5) is 135. The van der Waals surface area contributed by atoms with Crippen molar-refractivity contribution in [2.75, 3.05) is 14.2 Å². The number of ether oxygens (including phenoxy) is 6. The average Bonchev–Trinajstić information content (AvgIpc) is 3.49. The third kappa shape index (κ3) is 41.1. The van der Waals surface area contributed by atoms with Crippen LogP contribution in [-0.4, -0.2) is 153 Å². The maximum atomic E-state index is 11.7. The van der Waals surface area contributed by atoms with E-state index in [0.717, 1.165) is 0 Å². The molecule has 0 aromatic carbocycles. The molecule has 7 atom stereocenters. The minimum absolute atomic E-state index is 0. The molecule has 0 bridgehead atoms. The van der Waals surface area contributed by atoms with Crippen molar-refractivity contribution in [1.29, 1.82) is 0 Å². The van der Waals surface area contributed by atoms with Crippen molar-refractivity contribution in [2.24, 2.45) is 17.8 Å². The van der Waals surface area contributed by atoms with E-state index in [1.165, 1.54) is 28.1 Å². The van der Waals surface area contributed by atoms with Gasteiger partial charge in [0.15, 0.2) is 0 Å². The summed E-state index contributed by atoms with van der Waals surface area (Å²) >= 11 is 0. The summed E-state index contributed by atoms with van der Waals surface area (Å²) in [6, 6.07) is -5.01. The Bertz CT molecular complexity index is 1920. The van der Waals surface area contributed by atoms with Crippen LogP contribution < -0.4 is 63.9 Å². The molecule has 76 heavy (non-hydrogen) atoms. The van der Waals surface area contributed by atoms with Crippen molar-refractivity contribution >= 4 is 99.1 Å². The molecule has 1 heterocycles. The van der Waals surface area contributed by atoms with E-state index < -0.39 is 136 Å². The summed E-state index contributed by atoms with van der Waals surface area (Å²) in [6.45, 7) is 24.2. The Morgan fingerprint density at radius 1 is 0.592 bits per heavy atom. The van der Waals surface area contributed by atoms with Gasteiger partial charge in [0.2, 0.25) is 5.91 Å². The number of esters is 2. The molecule has 0 aromatic heterocycles. The quantitative estimate of drug-likeness (QED) is 0.0487. The Labute approximate surface area is 481 Å². The van der Waals surface area contributed by atoms with Crippen molar-refractivity contribution in [3.63, 3.8) is 0 Å². The second kappa shape index (κ2) is 38.5. The van der Waals surface area contributed by atoms with Gasteiger partial charge in [-0.05, 0) is 109 Å². The van der Waals surface area contributed by atoms with Crippen molar-refractivity contribution < 1.29 is 149 Å². The van der Waals surface area contributed by atoms with Crippen LogP contribution in [-0.2, 0) is 66.8 Å². The van der Waals surface area contributed by atoms with Crippen molar-refractivity contribution in [3.05, 3.63) is 0 Å². The fraction of sp³-hybridized carbons (Fsp3) is 0.733. The van der Waals surface area contributed by atoms with Crippen molar-refractivity contribution in [3.8, 4) is 0 Å². The number of methoxy groups -OCH3 is 2. The fourth-order valence-corrected chi connectivity index (χ4v) is 5.17. The number of nitrogens with one attached hydrogen (secondary N) is 3. The van der Waals surface area contributed by atoms with Crippen LogP contribution >= 0.6 is 27.0 Å². The van der Waals surface area contributed by atoms with Gasteiger partial charge in [-0.2, -0.15) is 27.0 Å². The van der Waals surface area contributed by atoms with Crippen LogP contribution in [0.5, 0.6) is 0 Å². The Balaban J connectivity index is -0.000000164. The second-order valence-corrected chi connectivity index (χ2v) is 20.0. The number of amides is 5. The van der Waals surface area contributed by atoms with Gasteiger partial charge in [-0.25, -0.2) is 33.7 Å². The van der Waals surface area contributed by atoms with Gasteiger partial charge in [0.05, 0.1) is 50.1 Å². The maximum absolute atomic E-state index is 11.7. The Hall–Kier alpha value is -5.07. The van der Waals surface area contributed by atoms with Gasteiger partial charge in [-0.3, -0.25) is 19.2 Å². The SMILES string of the molecule is COC(=O)CC[C@H](NC(=O)OC(C)(C)C)C(=O)O.COC(=O)[C@@H](C)C[C@H](NC(=O)OC(C)(C)C)C(=O)[O-].C[C@@H](C[C@H](NC(=O)OC(C)(C)C)C(=O)O)C(=O)O.C[C@H]1C[C@@H](C(=O)[O-])N(C(=O)OC(C)(C)C)C1=O.S.S.[Li+].[Li+]. The first-order chi connectivity index (χ1) is 32.4. The van der Waals surface area contributed by atoms with Crippen LogP contribution in [0.4, 0.5) is 19.2 Å². The minimum atomic E-state index is -1.48. The molecule has 5 amide bonds. The maximum Gasteiger partial charge on any atom is 1.00 e. The molecule has 0 unspecified atom stereocenters. The monoisotopic (exact) mass is 1120 g/mol. The largest absolute Gasteiger partial charge is 1.00 e. The molecule has 6 N–H and O–H groups in total. The van der Waals surface area contributed by atoms with Gasteiger partial charge in [0, 0.05) is 12.3 Å². The molecule has 430 valence electrons. The number of rotatable bonds is 16. The number of hydrogen-bond donors (Lipinski definition) is 6. The second-order valence-electron chi connectivity index (χ2n) is 20.0. The zero-order valence-electron chi connectivity index (χ0n) is 47.0. The number of aliphatic carboxylic acids is 5. The number of likely N-dealkylation sites (tertiary alicyclic amines) is 1. The van der Waals surface area contributed by atoms with Crippen LogP contribution in [0.25, 0.3) is 0 Å². The first-order valence-electron chi connectivity index (χ1n) is 22.2. The van der Waals surface area contributed by atoms with E-state index in [2.05, 4.69) is 25.4 Å². The summed E-state index contributed by atoms with van der Waals surface area (Å²) in [5, 5.41) is 54.7. The Kier molecular flexibility index (Phi) is 43.0. The van der Waals surface area contributed by atoms with Crippen LogP contribution in [0.2, 0.25) is 0 Å². The molecular formula is C45H78Li2N4O23S2. The molecule has 0 radical (unpaired) electrons. The Morgan fingerprint density at radius 2 is 0.947 bits per heavy atom. The molecule has 1 aliphatic rings. The summed E-state index contributed by atoms with van der Waals surface area (Å²) in [6.07, 6.45) is -3.93. The summed E-state index contributed by atoms with van der Waals surface area (Å²) < 4.78 is 28.6. The van der Waals surface area contributed by atoms with E-state index in [1.54, 1.807) is 90.0 Å². The van der Waals surface area contributed by atoms with Crippen LogP contribution in [0.15, 0.2) is 0 Å². The molecule has 1 fully saturated rings. The number of hydrogen-bond acceptors (Lipinski definition) is 20. The standard InChI is InChI=1S/C12H21NO6.2C11H19NO6.C11H17NO5.2Li.2H2S/c1-7(10(16)18-5)6-8(9(14)15)13-11(17)19-12(2,3)4;1-11(2,3)18-10(16)12-7(9(14)15)5-6-8(13)17-4;1-6(8(13)14)5-7(9(15)16)12-10(17)18-11(2,3)4;1-6-5-7(9(14)15)12(8(6)13)10(16)17-11(2,3)4;;;;/h7-8H,6H2,1-5H3,(H,13,17)(H,14,15);7H,5-6H2,1-4H3,(H,12,16)(H,14,15);6-7H,5H2,1-4H3,(H,12,17)(H,13,14)(H,15,16);6-7H,5H2,1-4H3,(H,14,15);;;2*1H2/q;;;;2*+1;;/p-2/t7-,8-;7-;2*6-,7-;;;;/m0000..../s1. The summed E-state index contributed by atoms with van der Waals surface area (Å²) in [7, 11) is 2.41. The zero-order valence-corrected chi connectivity index (χ0v) is 49.0. The smallest absolute Gasteiger partial charge is 0.548 e. The van der Waals surface area contributed by atoms with Gasteiger partial charge in [0.25, 0.3) is 0 Å². The number of carbonyl (C=O) groups is 12. The molecule has 0 aliphatic carbocycles. The Morgan fingerprint density at radius 3 is 1.25 bits per heavy atom. The molecule has 1 saturated heterocycles. The van der Waals surface area contributed by atoms with Gasteiger partial charge in [-0.1, -0.05) is 20.8 Å². The van der Waals surface area contributed by atoms with E-state index >= 15 is 0 Å². The molecule has 31 heteroatoms. The summed E-state index contributed by atoms with van der Waals surface area (Å²) in [5.41, 5.74) is -2.98. The van der Waals surface area contributed by atoms with Crippen molar-refractivity contribution in [1.82, 2.24) is 20.9 Å². The normalized spacial score (nSPS) is 15.5. The molecule has 0 saturated carbocycles. The van der Waals surface area contributed by atoms with E-state index in [4.69, 9.17) is 34.3 Å². The first-order valence-corrected chi connectivity index (χ1v) is 22.2. The van der Waals surface area contributed by atoms with E-state index in [9.17, 15) is 67.7 Å². The predicted molar refractivity (Wildman–Crippen MR) is 265 cm³/mol. The number of imide groups is 1. The average molecular weight is 1120 g/mol. The molecule has 27 nitrogen and oxygen atoms in total. The fourth-order valence-electron chi connectivity index (χ4n) is 5.17. The molecule has 0 aromatic rings. The van der Waals surface area contributed by atoms with Crippen LogP contribution in [0.1, 0.15) is 136 Å². The molecule has 0 spiro atoms. The van der Waals surface area contributed by atoms with Crippen molar-refractivity contribution in [2.45, 2.75) is 183 Å². The summed E-state index contributed by atoms with van der Waals surface area (Å²) in [5.74, 6) is -10.3. The van der Waals surface area contributed by atoms with E-state index in [-0.39, 0.29) is 96.8 Å². The van der Waals surface area contributed by atoms with Crippen LogP contribution in [0.3, 0.4) is 0 Å². The topological polar surface area (TPSA) is 406 Å². The van der Waals surface area contributed by atoms with E-state index in [0.29, 0.717) is 4.90 Å². The first kappa shape index (κ1) is 84.9.